The normalized spacial score (nSPS) is 22.4. The van der Waals surface area contributed by atoms with Crippen LogP contribution >= 0.6 is 0 Å². The number of aldehydes is 1. The number of unbranched alkanes of at least 4 members (excludes halogenated alkanes) is 13. The molecule has 0 N–H and O–H groups in total. The zero-order chi connectivity index (χ0) is 37.7. The maximum Gasteiger partial charge on any atom is 0.306 e. The Morgan fingerprint density at radius 1 is 0.630 bits per heavy atom. The first-order valence-electron chi connectivity index (χ1n) is 22.6. The van der Waals surface area contributed by atoms with Gasteiger partial charge in [0.2, 0.25) is 0 Å². The van der Waals surface area contributed by atoms with E-state index < -0.39 is 0 Å². The molecule has 0 aromatic heterocycles. The van der Waals surface area contributed by atoms with E-state index in [4.69, 9.17) is 28.4 Å². The van der Waals surface area contributed by atoms with E-state index in [-0.39, 0.29) is 30.8 Å². The Kier molecular flexibility index (Phi) is 24.2. The van der Waals surface area contributed by atoms with Crippen molar-refractivity contribution in [1.82, 2.24) is 0 Å². The lowest BCUT2D eigenvalue weighted by atomic mass is 9.83. The molecule has 1 aromatic carbocycles. The number of hydrogen-bond donors (Lipinski definition) is 0. The number of esters is 1. The van der Waals surface area contributed by atoms with Crippen molar-refractivity contribution < 1.29 is 38.0 Å². The number of ether oxygens (including phenoxy) is 6. The second kappa shape index (κ2) is 29.3. The Bertz CT molecular complexity index is 1060. The van der Waals surface area contributed by atoms with Crippen molar-refractivity contribution in [3.8, 4) is 5.75 Å². The van der Waals surface area contributed by atoms with Gasteiger partial charge in [-0.25, -0.2) is 0 Å². The molecule has 3 atom stereocenters. The fourth-order valence-electron chi connectivity index (χ4n) is 8.18. The number of rotatable bonds is 30. The highest BCUT2D eigenvalue weighted by Gasteiger charge is 2.25. The molecule has 1 saturated carbocycles. The zero-order valence-corrected chi connectivity index (χ0v) is 33.9. The second-order valence-electron chi connectivity index (χ2n) is 16.2. The van der Waals surface area contributed by atoms with Crippen LogP contribution in [0.1, 0.15) is 198 Å². The number of benzene rings is 1. The number of hydrogen-bond acceptors (Lipinski definition) is 8. The smallest absolute Gasteiger partial charge is 0.306 e. The summed E-state index contributed by atoms with van der Waals surface area (Å²) in [6.45, 7) is 3.27. The Morgan fingerprint density at radius 2 is 1.17 bits per heavy atom. The van der Waals surface area contributed by atoms with Gasteiger partial charge in [-0.05, 0) is 139 Å². The number of carbonyl (C=O) groups excluding carboxylic acids is 2. The molecule has 3 unspecified atom stereocenters. The largest absolute Gasteiger partial charge is 0.490 e. The first-order valence-corrected chi connectivity index (χ1v) is 22.6. The summed E-state index contributed by atoms with van der Waals surface area (Å²) < 4.78 is 35.5. The predicted octanol–water partition coefficient (Wildman–Crippen LogP) is 11.7. The third kappa shape index (κ3) is 20.2. The summed E-state index contributed by atoms with van der Waals surface area (Å²) in [5, 5.41) is 0. The Balaban J connectivity index is 1.01. The second-order valence-corrected chi connectivity index (χ2v) is 16.2. The van der Waals surface area contributed by atoms with E-state index in [1.54, 1.807) is 0 Å². The predicted molar refractivity (Wildman–Crippen MR) is 215 cm³/mol. The lowest BCUT2D eigenvalue weighted by molar-refractivity contribution is -0.163. The van der Waals surface area contributed by atoms with Gasteiger partial charge >= 0.3 is 5.97 Å². The van der Waals surface area contributed by atoms with Crippen LogP contribution in [-0.4, -0.2) is 63.5 Å². The van der Waals surface area contributed by atoms with Crippen LogP contribution in [0, 0.1) is 0 Å². The van der Waals surface area contributed by atoms with Crippen LogP contribution < -0.4 is 4.74 Å². The van der Waals surface area contributed by atoms with E-state index in [1.165, 1.54) is 63.4 Å². The quantitative estimate of drug-likeness (QED) is 0.0435. The van der Waals surface area contributed by atoms with Crippen LogP contribution in [-0.2, 0) is 33.3 Å². The third-order valence-corrected chi connectivity index (χ3v) is 11.6. The van der Waals surface area contributed by atoms with Crippen molar-refractivity contribution in [3.63, 3.8) is 0 Å². The van der Waals surface area contributed by atoms with Gasteiger partial charge in [-0.2, -0.15) is 0 Å². The zero-order valence-electron chi connectivity index (χ0n) is 33.9. The highest BCUT2D eigenvalue weighted by Crippen LogP contribution is 2.35. The van der Waals surface area contributed by atoms with Gasteiger partial charge < -0.3 is 33.2 Å². The van der Waals surface area contributed by atoms with Crippen LogP contribution in [0.15, 0.2) is 24.3 Å². The van der Waals surface area contributed by atoms with Crippen molar-refractivity contribution in [2.45, 2.75) is 217 Å². The molecule has 2 heterocycles. The molecule has 0 amide bonds. The molecule has 0 spiro atoms. The van der Waals surface area contributed by atoms with Crippen molar-refractivity contribution in [2.24, 2.45) is 0 Å². The van der Waals surface area contributed by atoms with E-state index in [2.05, 4.69) is 24.3 Å². The SMILES string of the molecule is O=CCCCCCC(CCCCCOC1CCCCO1)Oc1ccc([C@H]2CC[C@H](OC(=O)CCCCCCCCCCCOC3CCCCO3)CC2)cc1. The van der Waals surface area contributed by atoms with Gasteiger partial charge in [0.25, 0.3) is 0 Å². The van der Waals surface area contributed by atoms with Crippen molar-refractivity contribution >= 4 is 12.3 Å². The minimum absolute atomic E-state index is 0.00338. The van der Waals surface area contributed by atoms with Crippen molar-refractivity contribution in [2.75, 3.05) is 26.4 Å². The van der Waals surface area contributed by atoms with Gasteiger partial charge in [0, 0.05) is 39.3 Å². The molecule has 8 nitrogen and oxygen atoms in total. The summed E-state index contributed by atoms with van der Waals surface area (Å²) in [5.74, 6) is 1.44. The van der Waals surface area contributed by atoms with Crippen LogP contribution in [0.5, 0.6) is 5.75 Å². The van der Waals surface area contributed by atoms with Gasteiger partial charge in [-0.15, -0.1) is 0 Å². The highest BCUT2D eigenvalue weighted by molar-refractivity contribution is 5.69. The summed E-state index contributed by atoms with van der Waals surface area (Å²) in [6, 6.07) is 8.76. The fourth-order valence-corrected chi connectivity index (χ4v) is 8.18. The third-order valence-electron chi connectivity index (χ3n) is 11.6. The van der Waals surface area contributed by atoms with Crippen LogP contribution in [0.4, 0.5) is 0 Å². The molecule has 54 heavy (non-hydrogen) atoms. The lowest BCUT2D eigenvalue weighted by Crippen LogP contribution is -2.23. The van der Waals surface area contributed by atoms with Gasteiger partial charge in [0.1, 0.15) is 18.1 Å². The standard InChI is InChI=1S/C46H76O8/c47-34-16-8-7-11-21-41(22-12-10-18-36-50-46-25-15-20-38-52-46)53-42-30-26-39(27-31-42)40-28-32-43(33-29-40)54-44(48)23-13-6-4-2-1-3-5-9-17-35-49-45-24-14-19-37-51-45/h26-27,30-31,34,40-41,43,45-46H,1-25,28-29,32-33,35-38H2/t40-,41?,43-,45?,46?. The van der Waals surface area contributed by atoms with E-state index in [1.807, 2.05) is 0 Å². The van der Waals surface area contributed by atoms with E-state index in [0.29, 0.717) is 18.8 Å². The Labute approximate surface area is 328 Å². The topological polar surface area (TPSA) is 89.5 Å². The molecule has 3 aliphatic rings. The molecule has 4 rings (SSSR count). The molecule has 0 radical (unpaired) electrons. The van der Waals surface area contributed by atoms with Crippen molar-refractivity contribution in [3.05, 3.63) is 29.8 Å². The van der Waals surface area contributed by atoms with Gasteiger partial charge in [-0.1, -0.05) is 69.9 Å². The molecule has 1 aromatic rings. The minimum atomic E-state index is -0.0125. The first kappa shape index (κ1) is 44.7. The van der Waals surface area contributed by atoms with Gasteiger partial charge in [-0.3, -0.25) is 4.79 Å². The summed E-state index contributed by atoms with van der Waals surface area (Å²) in [4.78, 5) is 23.3. The van der Waals surface area contributed by atoms with Crippen molar-refractivity contribution in [1.29, 1.82) is 0 Å². The average Bonchev–Trinajstić information content (AvgIpc) is 3.20. The molecule has 2 saturated heterocycles. The molecular formula is C46H76O8. The molecule has 308 valence electrons. The molecule has 3 fully saturated rings. The fraction of sp³-hybridized carbons (Fsp3) is 0.826. The summed E-state index contributed by atoms with van der Waals surface area (Å²) in [6.07, 6.45) is 32.6. The van der Waals surface area contributed by atoms with Crippen LogP contribution in [0.25, 0.3) is 0 Å². The van der Waals surface area contributed by atoms with Crippen LogP contribution in [0.2, 0.25) is 0 Å². The molecule has 2 aliphatic heterocycles. The Morgan fingerprint density at radius 3 is 1.72 bits per heavy atom. The summed E-state index contributed by atoms with van der Waals surface area (Å²) >= 11 is 0. The van der Waals surface area contributed by atoms with E-state index in [0.717, 1.165) is 154 Å². The van der Waals surface area contributed by atoms with E-state index in [9.17, 15) is 9.59 Å². The molecular weight excluding hydrogens is 680 g/mol. The van der Waals surface area contributed by atoms with E-state index >= 15 is 0 Å². The van der Waals surface area contributed by atoms with Crippen LogP contribution in [0.3, 0.4) is 0 Å². The van der Waals surface area contributed by atoms with Gasteiger partial charge in [0.05, 0.1) is 6.10 Å². The maximum absolute atomic E-state index is 12.6. The average molecular weight is 757 g/mol. The number of carbonyl (C=O) groups is 2. The lowest BCUT2D eigenvalue weighted by Gasteiger charge is -2.29. The maximum atomic E-state index is 12.6. The highest BCUT2D eigenvalue weighted by atomic mass is 16.7. The van der Waals surface area contributed by atoms with Gasteiger partial charge in [0.15, 0.2) is 12.6 Å². The molecule has 0 bridgehead atoms. The first-order chi connectivity index (χ1) is 26.7. The summed E-state index contributed by atoms with van der Waals surface area (Å²) in [7, 11) is 0. The molecule has 8 heteroatoms. The Hall–Kier alpha value is -2.00. The summed E-state index contributed by atoms with van der Waals surface area (Å²) in [5.41, 5.74) is 1.36. The minimum Gasteiger partial charge on any atom is -0.490 e. The molecule has 1 aliphatic carbocycles. The monoisotopic (exact) mass is 757 g/mol.